The number of aryl methyl sites for hydroxylation is 1. The second-order valence-electron chi connectivity index (χ2n) is 7.28. The molecule has 0 saturated carbocycles. The van der Waals surface area contributed by atoms with Crippen molar-refractivity contribution in [1.29, 1.82) is 0 Å². The third-order valence-electron chi connectivity index (χ3n) is 4.81. The van der Waals surface area contributed by atoms with Crippen LogP contribution in [0.15, 0.2) is 29.3 Å². The molecule has 0 aliphatic carbocycles. The molecule has 2 N–H and O–H groups in total. The van der Waals surface area contributed by atoms with E-state index < -0.39 is 0 Å². The standard InChI is InChI=1S/C21H31FN6O/c1-3-23-21(25-15-16(2)29-18-9-7-8-17(22)14-18)24-12-11-20-27-26-19-10-5-4-6-13-28(19)20/h7-9,14,16H,3-6,10-13,15H2,1-2H3,(H2,23,24,25). The first-order valence-electron chi connectivity index (χ1n) is 10.5. The van der Waals surface area contributed by atoms with Crippen molar-refractivity contribution in [2.24, 2.45) is 4.99 Å². The maximum atomic E-state index is 13.3. The van der Waals surface area contributed by atoms with Crippen LogP contribution in [0.25, 0.3) is 0 Å². The molecule has 1 aliphatic heterocycles. The number of hydrogen-bond donors (Lipinski definition) is 2. The van der Waals surface area contributed by atoms with Gasteiger partial charge in [0.2, 0.25) is 0 Å². The first-order chi connectivity index (χ1) is 14.2. The monoisotopic (exact) mass is 402 g/mol. The summed E-state index contributed by atoms with van der Waals surface area (Å²) in [6.45, 7) is 6.92. The lowest BCUT2D eigenvalue weighted by atomic mass is 10.2. The molecule has 29 heavy (non-hydrogen) atoms. The molecule has 2 heterocycles. The fourth-order valence-electron chi connectivity index (χ4n) is 3.39. The lowest BCUT2D eigenvalue weighted by molar-refractivity contribution is 0.229. The van der Waals surface area contributed by atoms with Gasteiger partial charge in [0.15, 0.2) is 5.96 Å². The molecule has 3 rings (SSSR count). The summed E-state index contributed by atoms with van der Waals surface area (Å²) < 4.78 is 21.3. The van der Waals surface area contributed by atoms with E-state index in [4.69, 9.17) is 4.74 Å². The Hall–Kier alpha value is -2.64. The van der Waals surface area contributed by atoms with Crippen LogP contribution in [0.1, 0.15) is 44.8 Å². The van der Waals surface area contributed by atoms with Gasteiger partial charge in [-0.2, -0.15) is 0 Å². The van der Waals surface area contributed by atoms with Crippen molar-refractivity contribution in [2.45, 2.75) is 58.6 Å². The minimum atomic E-state index is -0.306. The fourth-order valence-corrected chi connectivity index (χ4v) is 3.39. The largest absolute Gasteiger partial charge is 0.489 e. The molecule has 7 nitrogen and oxygen atoms in total. The van der Waals surface area contributed by atoms with Crippen molar-refractivity contribution in [2.75, 3.05) is 19.6 Å². The van der Waals surface area contributed by atoms with Crippen LogP contribution in [0.5, 0.6) is 5.75 Å². The van der Waals surface area contributed by atoms with Crippen molar-refractivity contribution in [1.82, 2.24) is 25.4 Å². The second-order valence-corrected chi connectivity index (χ2v) is 7.28. The molecule has 0 amide bonds. The number of fused-ring (bicyclic) bond motifs is 1. The molecular formula is C21H31FN6O. The van der Waals surface area contributed by atoms with E-state index in [0.29, 0.717) is 12.3 Å². The van der Waals surface area contributed by atoms with Gasteiger partial charge < -0.3 is 19.9 Å². The number of benzene rings is 1. The number of guanidine groups is 1. The van der Waals surface area contributed by atoms with E-state index in [1.807, 2.05) is 13.8 Å². The van der Waals surface area contributed by atoms with Gasteiger partial charge in [-0.1, -0.05) is 12.5 Å². The third-order valence-corrected chi connectivity index (χ3v) is 4.81. The zero-order valence-corrected chi connectivity index (χ0v) is 17.3. The van der Waals surface area contributed by atoms with Gasteiger partial charge in [0, 0.05) is 38.5 Å². The maximum Gasteiger partial charge on any atom is 0.191 e. The highest BCUT2D eigenvalue weighted by molar-refractivity contribution is 5.79. The summed E-state index contributed by atoms with van der Waals surface area (Å²) in [6, 6.07) is 6.16. The highest BCUT2D eigenvalue weighted by atomic mass is 19.1. The van der Waals surface area contributed by atoms with Gasteiger partial charge in [-0.3, -0.25) is 0 Å². The van der Waals surface area contributed by atoms with E-state index >= 15 is 0 Å². The smallest absolute Gasteiger partial charge is 0.191 e. The van der Waals surface area contributed by atoms with Gasteiger partial charge in [-0.25, -0.2) is 9.38 Å². The van der Waals surface area contributed by atoms with Crippen LogP contribution in [0.4, 0.5) is 4.39 Å². The molecule has 2 aromatic rings. The predicted octanol–water partition coefficient (Wildman–Crippen LogP) is 2.71. The zero-order valence-electron chi connectivity index (χ0n) is 17.3. The summed E-state index contributed by atoms with van der Waals surface area (Å²) in [5, 5.41) is 15.3. The Bertz CT molecular complexity index is 806. The number of ether oxygens (including phenoxy) is 1. The normalized spacial score (nSPS) is 15.3. The van der Waals surface area contributed by atoms with Gasteiger partial charge in [-0.15, -0.1) is 10.2 Å². The number of nitrogens with one attached hydrogen (secondary N) is 2. The molecule has 1 aromatic carbocycles. The SMILES string of the molecule is CCNC(=NCC(C)Oc1cccc(F)c1)NCCc1nnc2n1CCCCC2. The molecule has 0 fully saturated rings. The van der Waals surface area contributed by atoms with Crippen molar-refractivity contribution < 1.29 is 9.13 Å². The molecule has 0 bridgehead atoms. The third kappa shape index (κ3) is 6.44. The molecule has 1 unspecified atom stereocenters. The molecule has 158 valence electrons. The number of rotatable bonds is 8. The lowest BCUT2D eigenvalue weighted by Crippen LogP contribution is -2.39. The van der Waals surface area contributed by atoms with Crippen molar-refractivity contribution >= 4 is 5.96 Å². The number of halogens is 1. The summed E-state index contributed by atoms with van der Waals surface area (Å²) in [4.78, 5) is 4.59. The molecule has 1 aliphatic rings. The number of aliphatic imine (C=N–C) groups is 1. The van der Waals surface area contributed by atoms with E-state index in [-0.39, 0.29) is 11.9 Å². The molecular weight excluding hydrogens is 371 g/mol. The van der Waals surface area contributed by atoms with Crippen LogP contribution >= 0.6 is 0 Å². The van der Waals surface area contributed by atoms with Gasteiger partial charge in [-0.05, 0) is 38.8 Å². The summed E-state index contributed by atoms with van der Waals surface area (Å²) in [6.07, 6.45) is 5.30. The summed E-state index contributed by atoms with van der Waals surface area (Å²) in [5.74, 6) is 3.09. The van der Waals surface area contributed by atoms with E-state index in [9.17, 15) is 4.39 Å². The quantitative estimate of drug-likeness (QED) is 0.524. The van der Waals surface area contributed by atoms with Crippen LogP contribution in [-0.4, -0.2) is 46.5 Å². The Morgan fingerprint density at radius 2 is 2.17 bits per heavy atom. The zero-order chi connectivity index (χ0) is 20.5. The Morgan fingerprint density at radius 1 is 1.28 bits per heavy atom. The van der Waals surface area contributed by atoms with Gasteiger partial charge in [0.1, 0.15) is 29.3 Å². The maximum absolute atomic E-state index is 13.3. The summed E-state index contributed by atoms with van der Waals surface area (Å²) in [5.41, 5.74) is 0. The van der Waals surface area contributed by atoms with E-state index in [0.717, 1.165) is 50.1 Å². The molecule has 8 heteroatoms. The first kappa shape index (κ1) is 21.1. The van der Waals surface area contributed by atoms with Crippen LogP contribution in [0, 0.1) is 5.82 Å². The van der Waals surface area contributed by atoms with Crippen molar-refractivity contribution in [3.63, 3.8) is 0 Å². The first-order valence-corrected chi connectivity index (χ1v) is 10.5. The average Bonchev–Trinajstić information content (AvgIpc) is 2.92. The highest BCUT2D eigenvalue weighted by Gasteiger charge is 2.14. The molecule has 0 spiro atoms. The Labute approximate surface area is 171 Å². The van der Waals surface area contributed by atoms with Gasteiger partial charge >= 0.3 is 0 Å². The second kappa shape index (κ2) is 10.8. The molecule has 1 aromatic heterocycles. The van der Waals surface area contributed by atoms with Gasteiger partial charge in [0.25, 0.3) is 0 Å². The van der Waals surface area contributed by atoms with Crippen molar-refractivity contribution in [3.05, 3.63) is 41.7 Å². The van der Waals surface area contributed by atoms with Crippen LogP contribution in [0.3, 0.4) is 0 Å². The minimum Gasteiger partial charge on any atom is -0.489 e. The van der Waals surface area contributed by atoms with Gasteiger partial charge in [0.05, 0.1) is 6.54 Å². The average molecular weight is 403 g/mol. The topological polar surface area (TPSA) is 76.4 Å². The summed E-state index contributed by atoms with van der Waals surface area (Å²) >= 11 is 0. The Kier molecular flexibility index (Phi) is 7.84. The number of aromatic nitrogens is 3. The van der Waals surface area contributed by atoms with E-state index in [1.165, 1.54) is 31.4 Å². The van der Waals surface area contributed by atoms with Crippen LogP contribution in [0.2, 0.25) is 0 Å². The lowest BCUT2D eigenvalue weighted by Gasteiger charge is -2.15. The predicted molar refractivity (Wildman–Crippen MR) is 112 cm³/mol. The van der Waals surface area contributed by atoms with E-state index in [2.05, 4.69) is 30.4 Å². The van der Waals surface area contributed by atoms with E-state index in [1.54, 1.807) is 12.1 Å². The number of nitrogens with zero attached hydrogens (tertiary/aromatic N) is 4. The van der Waals surface area contributed by atoms with Crippen LogP contribution in [-0.2, 0) is 19.4 Å². The fraction of sp³-hybridized carbons (Fsp3) is 0.571. The summed E-state index contributed by atoms with van der Waals surface area (Å²) in [7, 11) is 0. The number of hydrogen-bond acceptors (Lipinski definition) is 4. The Morgan fingerprint density at radius 3 is 3.00 bits per heavy atom. The molecule has 0 saturated heterocycles. The minimum absolute atomic E-state index is 0.167. The highest BCUT2D eigenvalue weighted by Crippen LogP contribution is 2.15. The van der Waals surface area contributed by atoms with Crippen molar-refractivity contribution in [3.8, 4) is 5.75 Å². The Balaban J connectivity index is 1.50. The van der Waals surface area contributed by atoms with Crippen LogP contribution < -0.4 is 15.4 Å². The molecule has 1 atom stereocenters. The molecule has 0 radical (unpaired) electrons.